The van der Waals surface area contributed by atoms with E-state index in [1.54, 1.807) is 6.07 Å². The summed E-state index contributed by atoms with van der Waals surface area (Å²) in [5, 5.41) is 7.88. The molecule has 7 heteroatoms. The van der Waals surface area contributed by atoms with Crippen molar-refractivity contribution in [1.82, 2.24) is 14.8 Å². The second-order valence-corrected chi connectivity index (χ2v) is 9.23. The maximum atomic E-state index is 12.8. The second-order valence-electron chi connectivity index (χ2n) is 7.71. The van der Waals surface area contributed by atoms with E-state index in [1.807, 2.05) is 42.5 Å². The molecule has 5 nitrogen and oxygen atoms in total. The lowest BCUT2D eigenvalue weighted by atomic mass is 9.98. The molecule has 0 saturated carbocycles. The molecule has 2 N–H and O–H groups in total. The van der Waals surface area contributed by atoms with Gasteiger partial charge in [0.15, 0.2) is 0 Å². The summed E-state index contributed by atoms with van der Waals surface area (Å²) >= 11 is 7.93. The van der Waals surface area contributed by atoms with E-state index in [9.17, 15) is 4.79 Å². The number of fused-ring (bicyclic) bond motifs is 1. The van der Waals surface area contributed by atoms with E-state index in [4.69, 9.17) is 11.6 Å². The molecule has 0 bridgehead atoms. The first-order chi connectivity index (χ1) is 14.5. The van der Waals surface area contributed by atoms with Crippen LogP contribution in [0.2, 0.25) is 5.02 Å². The Balaban J connectivity index is 1.60. The summed E-state index contributed by atoms with van der Waals surface area (Å²) in [5.41, 5.74) is 4.31. The molecule has 2 aromatic heterocycles. The highest BCUT2D eigenvalue weighted by Crippen LogP contribution is 2.39. The minimum atomic E-state index is -0.225. The molecule has 3 aromatic rings. The molecule has 1 aliphatic heterocycles. The van der Waals surface area contributed by atoms with Crippen LogP contribution < -0.4 is 10.6 Å². The average molecular weight is 443 g/mol. The highest BCUT2D eigenvalue weighted by Gasteiger charge is 2.28. The van der Waals surface area contributed by atoms with Gasteiger partial charge in [-0.15, -0.1) is 11.3 Å². The number of thiophene rings is 1. The Morgan fingerprint density at radius 1 is 1.30 bits per heavy atom. The Kier molecular flexibility index (Phi) is 6.18. The molecular weight excluding hydrogens is 416 g/mol. The highest BCUT2D eigenvalue weighted by molar-refractivity contribution is 7.15. The minimum absolute atomic E-state index is 0.116. The number of halogens is 1. The molecule has 0 saturated heterocycles. The Morgan fingerprint density at radius 2 is 2.07 bits per heavy atom. The Morgan fingerprint density at radius 3 is 2.80 bits per heavy atom. The molecular formula is C23H27ClN4OS. The van der Waals surface area contributed by atoms with Crippen LogP contribution in [0.3, 0.4) is 0 Å². The van der Waals surface area contributed by atoms with Crippen molar-refractivity contribution in [2.24, 2.45) is 0 Å². The number of amides is 2. The van der Waals surface area contributed by atoms with E-state index in [-0.39, 0.29) is 12.1 Å². The average Bonchev–Trinajstić information content (AvgIpc) is 3.37. The largest absolute Gasteiger partial charge is 0.331 e. The van der Waals surface area contributed by atoms with Gasteiger partial charge in [-0.25, -0.2) is 4.79 Å². The maximum Gasteiger partial charge on any atom is 0.319 e. The SMILES string of the molecule is CCN1CCc2c(sc(-n3cccc3)c2[C@H](C)NC(=O)Nc2cc(Cl)ccc2C)C1. The highest BCUT2D eigenvalue weighted by atomic mass is 35.5. The van der Waals surface area contributed by atoms with E-state index in [0.717, 1.165) is 37.3 Å². The molecule has 1 atom stereocenters. The van der Waals surface area contributed by atoms with Gasteiger partial charge in [0.05, 0.1) is 6.04 Å². The van der Waals surface area contributed by atoms with E-state index in [1.165, 1.54) is 21.0 Å². The number of aromatic nitrogens is 1. The normalized spacial score (nSPS) is 14.9. The van der Waals surface area contributed by atoms with Crippen molar-refractivity contribution in [3.63, 3.8) is 0 Å². The lowest BCUT2D eigenvalue weighted by molar-refractivity contribution is 0.249. The van der Waals surface area contributed by atoms with Crippen LogP contribution in [0.25, 0.3) is 5.00 Å². The molecule has 4 rings (SSSR count). The van der Waals surface area contributed by atoms with E-state index >= 15 is 0 Å². The summed E-state index contributed by atoms with van der Waals surface area (Å²) < 4.78 is 2.16. The van der Waals surface area contributed by atoms with Gasteiger partial charge in [-0.3, -0.25) is 4.90 Å². The van der Waals surface area contributed by atoms with E-state index in [0.29, 0.717) is 5.02 Å². The minimum Gasteiger partial charge on any atom is -0.331 e. The quantitative estimate of drug-likeness (QED) is 0.527. The van der Waals surface area contributed by atoms with Crippen molar-refractivity contribution < 1.29 is 4.79 Å². The standard InChI is InChI=1S/C23H27ClN4OS/c1-4-27-12-9-18-20(14-27)30-22(28-10-5-6-11-28)21(18)16(3)25-23(29)26-19-13-17(24)8-7-15(19)2/h5-8,10-11,13,16H,4,9,12,14H2,1-3H3,(H2,25,26,29)/t16-/m0/s1. The molecule has 0 aliphatic carbocycles. The number of urea groups is 1. The van der Waals surface area contributed by atoms with Gasteiger partial charge in [-0.05, 0) is 62.2 Å². The lowest BCUT2D eigenvalue weighted by Gasteiger charge is -2.26. The fraction of sp³-hybridized carbons (Fsp3) is 0.348. The number of hydrogen-bond acceptors (Lipinski definition) is 3. The molecule has 158 valence electrons. The number of carbonyl (C=O) groups is 1. The molecule has 30 heavy (non-hydrogen) atoms. The molecule has 0 radical (unpaired) electrons. The first-order valence-electron chi connectivity index (χ1n) is 10.3. The summed E-state index contributed by atoms with van der Waals surface area (Å²) in [7, 11) is 0. The van der Waals surface area contributed by atoms with Gasteiger partial charge in [0.25, 0.3) is 0 Å². The summed E-state index contributed by atoms with van der Waals surface area (Å²) in [6, 6.07) is 9.23. The topological polar surface area (TPSA) is 49.3 Å². The van der Waals surface area contributed by atoms with Crippen molar-refractivity contribution in [1.29, 1.82) is 0 Å². The number of nitrogens with one attached hydrogen (secondary N) is 2. The molecule has 2 amide bonds. The molecule has 1 aromatic carbocycles. The van der Waals surface area contributed by atoms with Crippen molar-refractivity contribution in [3.8, 4) is 5.00 Å². The molecule has 3 heterocycles. The summed E-state index contributed by atoms with van der Waals surface area (Å²) in [6.07, 6.45) is 5.15. The summed E-state index contributed by atoms with van der Waals surface area (Å²) in [6.45, 7) is 9.31. The fourth-order valence-corrected chi connectivity index (χ4v) is 5.63. The van der Waals surface area contributed by atoms with Crippen molar-refractivity contribution >= 4 is 34.7 Å². The van der Waals surface area contributed by atoms with Crippen LogP contribution in [0.5, 0.6) is 0 Å². The predicted octanol–water partition coefficient (Wildman–Crippen LogP) is 5.76. The number of aryl methyl sites for hydroxylation is 1. The number of likely N-dealkylation sites (N-methyl/N-ethyl adjacent to an activating group) is 1. The third kappa shape index (κ3) is 4.26. The zero-order valence-electron chi connectivity index (χ0n) is 17.5. The van der Waals surface area contributed by atoms with Crippen LogP contribution in [-0.4, -0.2) is 28.6 Å². The summed E-state index contributed by atoms with van der Waals surface area (Å²) in [4.78, 5) is 16.6. The van der Waals surface area contributed by atoms with Gasteiger partial charge in [0, 0.05) is 46.6 Å². The fourth-order valence-electron chi connectivity index (χ4n) is 4.00. The number of rotatable bonds is 5. The van der Waals surface area contributed by atoms with Gasteiger partial charge in [-0.2, -0.15) is 0 Å². The zero-order valence-corrected chi connectivity index (χ0v) is 19.1. The van der Waals surface area contributed by atoms with Crippen molar-refractivity contribution in [2.75, 3.05) is 18.4 Å². The van der Waals surface area contributed by atoms with E-state index < -0.39 is 0 Å². The first-order valence-corrected chi connectivity index (χ1v) is 11.5. The molecule has 0 spiro atoms. The first kappa shape index (κ1) is 21.0. The number of benzene rings is 1. The zero-order chi connectivity index (χ0) is 21.3. The van der Waals surface area contributed by atoms with Crippen LogP contribution in [0.4, 0.5) is 10.5 Å². The monoisotopic (exact) mass is 442 g/mol. The van der Waals surface area contributed by atoms with Crippen LogP contribution >= 0.6 is 22.9 Å². The second kappa shape index (κ2) is 8.84. The smallest absolute Gasteiger partial charge is 0.319 e. The molecule has 0 unspecified atom stereocenters. The summed E-state index contributed by atoms with van der Waals surface area (Å²) in [5.74, 6) is 0. The van der Waals surface area contributed by atoms with Crippen LogP contribution in [0.1, 0.15) is 41.5 Å². The third-order valence-corrected chi connectivity index (χ3v) is 7.15. The van der Waals surface area contributed by atoms with Gasteiger partial charge in [-0.1, -0.05) is 24.6 Å². The van der Waals surface area contributed by atoms with Crippen LogP contribution in [-0.2, 0) is 13.0 Å². The lowest BCUT2D eigenvalue weighted by Crippen LogP contribution is -2.33. The van der Waals surface area contributed by atoms with Gasteiger partial charge >= 0.3 is 6.03 Å². The van der Waals surface area contributed by atoms with E-state index in [2.05, 4.69) is 46.3 Å². The number of carbonyl (C=O) groups excluding carboxylic acids is 1. The number of anilines is 1. The number of hydrogen-bond donors (Lipinski definition) is 2. The van der Waals surface area contributed by atoms with Gasteiger partial charge in [0.1, 0.15) is 5.00 Å². The maximum absolute atomic E-state index is 12.8. The predicted molar refractivity (Wildman–Crippen MR) is 125 cm³/mol. The molecule has 1 aliphatic rings. The molecule has 0 fully saturated rings. The Hall–Kier alpha value is -2.28. The Bertz CT molecular complexity index is 1040. The van der Waals surface area contributed by atoms with Gasteiger partial charge in [0.2, 0.25) is 0 Å². The van der Waals surface area contributed by atoms with Crippen LogP contribution in [0.15, 0.2) is 42.7 Å². The Labute approximate surface area is 186 Å². The van der Waals surface area contributed by atoms with Crippen molar-refractivity contribution in [2.45, 2.75) is 39.8 Å². The van der Waals surface area contributed by atoms with Crippen LogP contribution in [0, 0.1) is 6.92 Å². The number of nitrogens with zero attached hydrogens (tertiary/aromatic N) is 2. The van der Waals surface area contributed by atoms with Crippen molar-refractivity contribution in [3.05, 3.63) is 69.3 Å². The van der Waals surface area contributed by atoms with Gasteiger partial charge < -0.3 is 15.2 Å². The third-order valence-electron chi connectivity index (χ3n) is 5.67.